The summed E-state index contributed by atoms with van der Waals surface area (Å²) >= 11 is 12.4. The van der Waals surface area contributed by atoms with Gasteiger partial charge in [0.2, 0.25) is 35.7 Å². The Labute approximate surface area is 415 Å². The van der Waals surface area contributed by atoms with Gasteiger partial charge in [0.1, 0.15) is 9.79 Å². The van der Waals surface area contributed by atoms with Crippen LogP contribution in [0.3, 0.4) is 0 Å². The number of nitrogens with zero attached hydrogens (tertiary/aromatic N) is 8. The first-order chi connectivity index (χ1) is 34.0. The molecule has 2 saturated heterocycles. The molecule has 0 unspecified atom stereocenters. The molecule has 0 amide bonds. The maximum absolute atomic E-state index is 13.6. The van der Waals surface area contributed by atoms with Crippen LogP contribution in [0.5, 0.6) is 0 Å². The number of hydrogen-bond donors (Lipinski definition) is 6. The Morgan fingerprint density at radius 1 is 0.514 bits per heavy atom. The lowest BCUT2D eigenvalue weighted by Crippen LogP contribution is -2.37. The van der Waals surface area contributed by atoms with Gasteiger partial charge in [-0.05, 0) is 71.8 Å². The van der Waals surface area contributed by atoms with Crippen molar-refractivity contribution in [2.75, 3.05) is 83.7 Å². The quantitative estimate of drug-likeness (QED) is 0.0338. The van der Waals surface area contributed by atoms with Crippen molar-refractivity contribution in [2.24, 2.45) is 0 Å². The van der Waals surface area contributed by atoms with E-state index in [2.05, 4.69) is 51.2 Å². The number of nitrogens with one attached hydrogen (secondary N) is 4. The molecular formula is C42H36Cl2F6N12O8S2. The van der Waals surface area contributed by atoms with E-state index >= 15 is 0 Å². The van der Waals surface area contributed by atoms with Gasteiger partial charge in [-0.2, -0.15) is 73.1 Å². The van der Waals surface area contributed by atoms with E-state index in [1.165, 1.54) is 24.3 Å². The SMILES string of the molecule is O=S(=O)(O)c1cc(Nc2nc(Nc3cc(C(F)(F)F)ccc3Cl)nc(N3CCOCC3)n2)ccc1C=Cc1ccc(Nc2nc(Nc3cc(C(F)(F)F)ccc3Cl)nc(N3CCOCC3)n2)cc1S(=O)(=O)O. The molecule has 2 aromatic heterocycles. The van der Waals surface area contributed by atoms with E-state index in [0.29, 0.717) is 52.6 Å². The Kier molecular flexibility index (Phi) is 14.9. The lowest BCUT2D eigenvalue weighted by molar-refractivity contribution is -0.138. The number of halogens is 8. The van der Waals surface area contributed by atoms with Gasteiger partial charge in [0, 0.05) is 37.6 Å². The predicted octanol–water partition coefficient (Wildman–Crippen LogP) is 8.71. The molecule has 6 aromatic rings. The smallest absolute Gasteiger partial charge is 0.378 e. The minimum atomic E-state index is -5.03. The van der Waals surface area contributed by atoms with Gasteiger partial charge in [-0.15, -0.1) is 0 Å². The van der Waals surface area contributed by atoms with Crippen LogP contribution < -0.4 is 31.1 Å². The highest BCUT2D eigenvalue weighted by atomic mass is 35.5. The second-order valence-corrected chi connectivity index (χ2v) is 19.0. The van der Waals surface area contributed by atoms with Gasteiger partial charge in [0.25, 0.3) is 20.2 Å². The summed E-state index contributed by atoms with van der Waals surface area (Å²) in [6, 6.07) is 12.4. The Morgan fingerprint density at radius 3 is 1.19 bits per heavy atom. The van der Waals surface area contributed by atoms with E-state index in [1.54, 1.807) is 9.80 Å². The Balaban J connectivity index is 1.08. The fourth-order valence-electron chi connectivity index (χ4n) is 6.98. The average Bonchev–Trinajstić information content (AvgIpc) is 3.32. The molecule has 72 heavy (non-hydrogen) atoms. The van der Waals surface area contributed by atoms with Crippen LogP contribution in [0.25, 0.3) is 12.2 Å². The van der Waals surface area contributed by atoms with Crippen molar-refractivity contribution >= 4 is 114 Å². The zero-order valence-corrected chi connectivity index (χ0v) is 39.6. The van der Waals surface area contributed by atoms with Gasteiger partial charge in [-0.1, -0.05) is 47.5 Å². The number of rotatable bonds is 14. The van der Waals surface area contributed by atoms with Gasteiger partial charge in [0.05, 0.1) is 59.0 Å². The van der Waals surface area contributed by atoms with Crippen LogP contribution in [0, 0.1) is 0 Å². The number of morpholine rings is 2. The largest absolute Gasteiger partial charge is 0.416 e. The van der Waals surface area contributed by atoms with Gasteiger partial charge >= 0.3 is 12.4 Å². The highest BCUT2D eigenvalue weighted by Gasteiger charge is 2.32. The zero-order chi connectivity index (χ0) is 51.6. The first-order valence-electron chi connectivity index (χ1n) is 20.9. The molecule has 0 aliphatic carbocycles. The zero-order valence-electron chi connectivity index (χ0n) is 36.5. The van der Waals surface area contributed by atoms with E-state index < -0.39 is 53.5 Å². The molecule has 6 N–H and O–H groups in total. The number of alkyl halides is 6. The summed E-state index contributed by atoms with van der Waals surface area (Å²) in [5, 5.41) is 10.8. The van der Waals surface area contributed by atoms with Crippen LogP contribution in [-0.4, -0.2) is 108 Å². The minimum absolute atomic E-state index is 0.0117. The van der Waals surface area contributed by atoms with Gasteiger partial charge in [0.15, 0.2) is 0 Å². The molecule has 20 nitrogen and oxygen atoms in total. The molecule has 2 aliphatic heterocycles. The lowest BCUT2D eigenvalue weighted by Gasteiger charge is -2.27. The number of benzene rings is 4. The first-order valence-corrected chi connectivity index (χ1v) is 24.5. The lowest BCUT2D eigenvalue weighted by atomic mass is 10.1. The van der Waals surface area contributed by atoms with E-state index in [1.807, 2.05) is 0 Å². The summed E-state index contributed by atoms with van der Waals surface area (Å²) in [6.45, 7) is 2.55. The Hall–Kier alpha value is -6.66. The molecule has 0 bridgehead atoms. The van der Waals surface area contributed by atoms with E-state index in [0.717, 1.165) is 60.7 Å². The summed E-state index contributed by atoms with van der Waals surface area (Å²) in [5.41, 5.74) is -2.73. The highest BCUT2D eigenvalue weighted by Crippen LogP contribution is 2.37. The molecule has 0 radical (unpaired) electrons. The van der Waals surface area contributed by atoms with Crippen LogP contribution in [0.15, 0.2) is 82.6 Å². The molecule has 30 heteroatoms. The van der Waals surface area contributed by atoms with Crippen molar-refractivity contribution < 1.29 is 61.8 Å². The monoisotopic (exact) mass is 1080 g/mol. The van der Waals surface area contributed by atoms with Crippen molar-refractivity contribution in [1.82, 2.24) is 29.9 Å². The van der Waals surface area contributed by atoms with Crippen LogP contribution in [-0.2, 0) is 42.1 Å². The standard InChI is InChI=1S/C42H36Cl2F6N12O8S2/c43-29-9-5-25(41(45,46)47)19-31(29)53-37-55-35(57-39(59-37)61-11-15-69-16-12-61)51-27-7-3-23(33(21-27)71(63,64)65)1-2-24-4-8-28(22-34(24)72(66,67)68)52-36-56-38(60-40(58-36)62-13-17-70-18-14-62)54-32-20-26(42(48,49)50)6-10-30(32)44/h1-10,19-22H,11-18H2,(H,63,64,65)(H,66,67,68)(H2,51,53,55,57,59)(H2,52,54,56,58,60). The average molecular weight is 1090 g/mol. The first kappa shape index (κ1) is 51.7. The molecule has 2 aliphatic rings. The molecule has 4 heterocycles. The predicted molar refractivity (Wildman–Crippen MR) is 253 cm³/mol. The van der Waals surface area contributed by atoms with Gasteiger partial charge in [-0.25, -0.2) is 0 Å². The summed E-state index contributed by atoms with van der Waals surface area (Å²) in [5.74, 6) is -0.774. The summed E-state index contributed by atoms with van der Waals surface area (Å²) in [4.78, 5) is 28.1. The number of aromatic nitrogens is 6. The number of hydrogen-bond acceptors (Lipinski definition) is 18. The third-order valence-corrected chi connectivity index (χ3v) is 12.9. The maximum Gasteiger partial charge on any atom is 0.416 e. The Bertz CT molecular complexity index is 3060. The van der Waals surface area contributed by atoms with E-state index in [4.69, 9.17) is 32.7 Å². The van der Waals surface area contributed by atoms with Gasteiger partial charge in [-0.3, -0.25) is 9.11 Å². The van der Waals surface area contributed by atoms with Crippen LogP contribution in [0.2, 0.25) is 10.0 Å². The summed E-state index contributed by atoms with van der Waals surface area (Å²) < 4.78 is 164. The normalized spacial score (nSPS) is 14.9. The summed E-state index contributed by atoms with van der Waals surface area (Å²) in [7, 11) is -10.1. The minimum Gasteiger partial charge on any atom is -0.378 e. The molecule has 0 saturated carbocycles. The summed E-state index contributed by atoms with van der Waals surface area (Å²) in [6.07, 6.45) is -7.11. The van der Waals surface area contributed by atoms with Crippen molar-refractivity contribution in [2.45, 2.75) is 22.1 Å². The van der Waals surface area contributed by atoms with E-state index in [9.17, 15) is 52.3 Å². The molecule has 0 atom stereocenters. The molecule has 2 fully saturated rings. The topological polar surface area (TPSA) is 259 Å². The fraction of sp³-hybridized carbons (Fsp3) is 0.238. The Morgan fingerprint density at radius 2 is 0.861 bits per heavy atom. The molecule has 8 rings (SSSR count). The van der Waals surface area contributed by atoms with Crippen molar-refractivity contribution in [3.63, 3.8) is 0 Å². The van der Waals surface area contributed by atoms with Crippen LogP contribution in [0.4, 0.5) is 84.8 Å². The molecule has 0 spiro atoms. The third-order valence-electron chi connectivity index (χ3n) is 10.5. The highest BCUT2D eigenvalue weighted by molar-refractivity contribution is 7.86. The second-order valence-electron chi connectivity index (χ2n) is 15.4. The van der Waals surface area contributed by atoms with Crippen LogP contribution >= 0.6 is 23.2 Å². The van der Waals surface area contributed by atoms with Crippen molar-refractivity contribution in [3.05, 3.63) is 105 Å². The number of anilines is 10. The molecular weight excluding hydrogens is 1050 g/mol. The van der Waals surface area contributed by atoms with Crippen molar-refractivity contribution in [1.29, 1.82) is 0 Å². The molecule has 4 aromatic carbocycles. The van der Waals surface area contributed by atoms with Gasteiger partial charge < -0.3 is 40.5 Å². The van der Waals surface area contributed by atoms with Crippen molar-refractivity contribution in [3.8, 4) is 0 Å². The second kappa shape index (κ2) is 20.8. The third kappa shape index (κ3) is 12.9. The van der Waals surface area contributed by atoms with E-state index in [-0.39, 0.29) is 79.6 Å². The molecule has 380 valence electrons. The van der Waals surface area contributed by atoms with Crippen LogP contribution in [0.1, 0.15) is 22.3 Å². The fourth-order valence-corrected chi connectivity index (χ4v) is 8.73. The maximum atomic E-state index is 13.6. The number of ether oxygens (including phenoxy) is 2.